The van der Waals surface area contributed by atoms with Crippen molar-refractivity contribution in [2.75, 3.05) is 5.75 Å². The third kappa shape index (κ3) is 2.17. The van der Waals surface area contributed by atoms with Crippen LogP contribution in [-0.4, -0.2) is 16.7 Å². The van der Waals surface area contributed by atoms with Gasteiger partial charge in [0.1, 0.15) is 11.1 Å². The van der Waals surface area contributed by atoms with Crippen LogP contribution in [0.25, 0.3) is 0 Å². The second-order valence-corrected chi connectivity index (χ2v) is 4.54. The zero-order valence-corrected chi connectivity index (χ0v) is 9.34. The zero-order valence-electron chi connectivity index (χ0n) is 8.52. The predicted molar refractivity (Wildman–Crippen MR) is 56.7 cm³/mol. The molecule has 0 atom stereocenters. The van der Waals surface area contributed by atoms with Crippen molar-refractivity contribution >= 4 is 17.7 Å². The number of thioether (sulfide) groups is 1. The average Bonchev–Trinajstić information content (AvgIpc) is 2.71. The summed E-state index contributed by atoms with van der Waals surface area (Å²) in [5, 5.41) is 19.8. The van der Waals surface area contributed by atoms with Gasteiger partial charge in [-0.3, -0.25) is 0 Å². The molecule has 0 saturated carbocycles. The number of rotatable bonds is 3. The normalized spacial score (nSPS) is 13.2. The van der Waals surface area contributed by atoms with Gasteiger partial charge in [-0.1, -0.05) is 11.8 Å². The molecule has 0 bridgehead atoms. The molecule has 1 aromatic heterocycles. The number of nitriles is 1. The van der Waals surface area contributed by atoms with Crippen LogP contribution in [0.1, 0.15) is 23.2 Å². The Morgan fingerprint density at radius 1 is 1.62 bits per heavy atom. The molecule has 4 nitrogen and oxygen atoms in total. The van der Waals surface area contributed by atoms with E-state index in [1.54, 1.807) is 0 Å². The number of hydrogen-bond donors (Lipinski definition) is 0. The van der Waals surface area contributed by atoms with E-state index < -0.39 is 5.97 Å². The zero-order chi connectivity index (χ0) is 11.5. The summed E-state index contributed by atoms with van der Waals surface area (Å²) >= 11 is 1.05. The van der Waals surface area contributed by atoms with Crippen molar-refractivity contribution in [3.63, 3.8) is 0 Å². The number of carbonyl (C=O) groups excluding carboxylic acids is 1. The molecule has 0 radical (unpaired) electrons. The van der Waals surface area contributed by atoms with Gasteiger partial charge in [0.2, 0.25) is 0 Å². The highest BCUT2D eigenvalue weighted by Gasteiger charge is 2.16. The van der Waals surface area contributed by atoms with E-state index in [0.717, 1.165) is 42.3 Å². The monoisotopic (exact) mass is 233 g/mol. The molecule has 1 aliphatic rings. The van der Waals surface area contributed by atoms with Gasteiger partial charge in [-0.15, -0.1) is 0 Å². The van der Waals surface area contributed by atoms with Crippen LogP contribution in [0.15, 0.2) is 11.1 Å². The molecule has 0 spiro atoms. The van der Waals surface area contributed by atoms with E-state index in [0.29, 0.717) is 10.6 Å². The van der Waals surface area contributed by atoms with Gasteiger partial charge in [-0.05, 0) is 30.9 Å². The Balaban J connectivity index is 2.30. The molecular formula is C11H9N2O2S-. The first-order valence-corrected chi connectivity index (χ1v) is 5.95. The Labute approximate surface area is 97.3 Å². The minimum atomic E-state index is -1.14. The number of carbonyl (C=O) groups is 1. The number of carboxylic acids is 1. The van der Waals surface area contributed by atoms with Crippen molar-refractivity contribution < 1.29 is 9.90 Å². The quantitative estimate of drug-likeness (QED) is 0.701. The topological polar surface area (TPSA) is 76.8 Å². The number of pyridine rings is 1. The fourth-order valence-electron chi connectivity index (χ4n) is 1.77. The van der Waals surface area contributed by atoms with E-state index in [4.69, 9.17) is 5.26 Å². The second-order valence-electron chi connectivity index (χ2n) is 3.57. The van der Waals surface area contributed by atoms with Crippen LogP contribution < -0.4 is 5.11 Å². The molecule has 0 N–H and O–H groups in total. The Kier molecular flexibility index (Phi) is 3.11. The van der Waals surface area contributed by atoms with Gasteiger partial charge in [0.25, 0.3) is 0 Å². The maximum absolute atomic E-state index is 10.4. The molecule has 0 aromatic carbocycles. The predicted octanol–water partition coefficient (Wildman–Crippen LogP) is 0.284. The highest BCUT2D eigenvalue weighted by Crippen LogP contribution is 2.27. The molecule has 16 heavy (non-hydrogen) atoms. The summed E-state index contributed by atoms with van der Waals surface area (Å²) in [5.74, 6) is -1.31. The van der Waals surface area contributed by atoms with Crippen LogP contribution >= 0.6 is 11.8 Å². The number of fused-ring (bicyclic) bond motifs is 1. The lowest BCUT2D eigenvalue weighted by atomic mass is 10.2. The van der Waals surface area contributed by atoms with E-state index in [9.17, 15) is 9.90 Å². The van der Waals surface area contributed by atoms with Crippen LogP contribution in [0.2, 0.25) is 0 Å². The van der Waals surface area contributed by atoms with E-state index >= 15 is 0 Å². The highest BCUT2D eigenvalue weighted by molar-refractivity contribution is 7.99. The third-order valence-electron chi connectivity index (χ3n) is 2.46. The van der Waals surface area contributed by atoms with Crippen LogP contribution in [0.5, 0.6) is 0 Å². The van der Waals surface area contributed by atoms with E-state index in [-0.39, 0.29) is 5.75 Å². The molecule has 0 unspecified atom stereocenters. The van der Waals surface area contributed by atoms with Crippen LogP contribution in [0, 0.1) is 11.3 Å². The second kappa shape index (κ2) is 4.54. The van der Waals surface area contributed by atoms with Gasteiger partial charge in [-0.2, -0.15) is 5.26 Å². The first-order chi connectivity index (χ1) is 7.70. The number of aromatic nitrogens is 1. The van der Waals surface area contributed by atoms with Crippen molar-refractivity contribution in [2.45, 2.75) is 24.3 Å². The van der Waals surface area contributed by atoms with Crippen molar-refractivity contribution in [1.29, 1.82) is 5.26 Å². The van der Waals surface area contributed by atoms with E-state index in [1.165, 1.54) is 0 Å². The largest absolute Gasteiger partial charge is 0.549 e. The lowest BCUT2D eigenvalue weighted by molar-refractivity contribution is -0.301. The van der Waals surface area contributed by atoms with Crippen LogP contribution in [0.4, 0.5) is 0 Å². The lowest BCUT2D eigenvalue weighted by Gasteiger charge is -2.06. The Morgan fingerprint density at radius 2 is 2.44 bits per heavy atom. The molecule has 1 aliphatic carbocycles. The fourth-order valence-corrected chi connectivity index (χ4v) is 2.46. The first-order valence-electron chi connectivity index (χ1n) is 4.96. The van der Waals surface area contributed by atoms with Crippen molar-refractivity contribution in [1.82, 2.24) is 4.98 Å². The van der Waals surface area contributed by atoms with Gasteiger partial charge in [0.15, 0.2) is 0 Å². The Bertz CT molecular complexity index is 480. The summed E-state index contributed by atoms with van der Waals surface area (Å²) < 4.78 is 0. The summed E-state index contributed by atoms with van der Waals surface area (Å²) in [6, 6.07) is 3.88. The van der Waals surface area contributed by atoms with Crippen molar-refractivity contribution in [3.8, 4) is 6.07 Å². The molecule has 1 aromatic rings. The molecule has 2 rings (SSSR count). The first kappa shape index (κ1) is 11.0. The molecule has 5 heteroatoms. The average molecular weight is 233 g/mol. The summed E-state index contributed by atoms with van der Waals surface area (Å²) in [5.41, 5.74) is 2.58. The molecule has 1 heterocycles. The van der Waals surface area contributed by atoms with Crippen molar-refractivity contribution in [3.05, 3.63) is 22.9 Å². The molecule has 82 valence electrons. The van der Waals surface area contributed by atoms with Gasteiger partial charge in [0, 0.05) is 11.4 Å². The SMILES string of the molecule is N#Cc1cc2c(nc1SCC(=O)[O-])CCC2. The standard InChI is InChI=1S/C11H10N2O2S/c12-5-8-4-7-2-1-3-9(7)13-11(8)16-6-10(14)15/h4H,1-3,6H2,(H,14,15)/p-1. The third-order valence-corrected chi connectivity index (χ3v) is 3.43. The molecule has 0 amide bonds. The minimum Gasteiger partial charge on any atom is -0.549 e. The van der Waals surface area contributed by atoms with Gasteiger partial charge < -0.3 is 9.90 Å². The fraction of sp³-hybridized carbons (Fsp3) is 0.364. The van der Waals surface area contributed by atoms with Crippen molar-refractivity contribution in [2.24, 2.45) is 0 Å². The molecule has 0 aliphatic heterocycles. The number of nitrogens with zero attached hydrogens (tertiary/aromatic N) is 2. The smallest absolute Gasteiger partial charge is 0.114 e. The van der Waals surface area contributed by atoms with Crippen LogP contribution in [0.3, 0.4) is 0 Å². The lowest BCUT2D eigenvalue weighted by Crippen LogP contribution is -2.24. The highest BCUT2D eigenvalue weighted by atomic mass is 32.2. The van der Waals surface area contributed by atoms with E-state index in [2.05, 4.69) is 11.1 Å². The minimum absolute atomic E-state index is 0.166. The maximum atomic E-state index is 10.4. The molecular weight excluding hydrogens is 224 g/mol. The summed E-state index contributed by atoms with van der Waals surface area (Å²) in [4.78, 5) is 14.7. The molecule has 0 saturated heterocycles. The Morgan fingerprint density at radius 3 is 3.12 bits per heavy atom. The number of aliphatic carboxylic acids is 1. The van der Waals surface area contributed by atoms with Gasteiger partial charge in [0.05, 0.1) is 11.5 Å². The van der Waals surface area contributed by atoms with Gasteiger partial charge in [-0.25, -0.2) is 4.98 Å². The number of aryl methyl sites for hydroxylation is 2. The molecule has 0 fully saturated rings. The number of hydrogen-bond acceptors (Lipinski definition) is 5. The van der Waals surface area contributed by atoms with Crippen LogP contribution in [-0.2, 0) is 17.6 Å². The van der Waals surface area contributed by atoms with E-state index in [1.807, 2.05) is 6.07 Å². The number of carboxylic acid groups (broad SMARTS) is 1. The Hall–Kier alpha value is -1.54. The summed E-state index contributed by atoms with van der Waals surface area (Å²) in [7, 11) is 0. The summed E-state index contributed by atoms with van der Waals surface area (Å²) in [6.45, 7) is 0. The summed E-state index contributed by atoms with van der Waals surface area (Å²) in [6.07, 6.45) is 2.93. The maximum Gasteiger partial charge on any atom is 0.114 e. The van der Waals surface area contributed by atoms with Gasteiger partial charge >= 0.3 is 0 Å².